The molecule has 68 valence electrons. The van der Waals surface area contributed by atoms with Crippen LogP contribution in [-0.2, 0) is 0 Å². The Morgan fingerprint density at radius 1 is 1.14 bits per heavy atom. The second kappa shape index (κ2) is 3.01. The summed E-state index contributed by atoms with van der Waals surface area (Å²) in [7, 11) is 0. The van der Waals surface area contributed by atoms with Crippen LogP contribution in [0.2, 0.25) is 0 Å². The zero-order valence-corrected chi connectivity index (χ0v) is 9.25. The van der Waals surface area contributed by atoms with Crippen molar-refractivity contribution in [1.82, 2.24) is 15.0 Å². The molecule has 0 aliphatic heterocycles. The fourth-order valence-electron chi connectivity index (χ4n) is 1.17. The highest BCUT2D eigenvalue weighted by Crippen LogP contribution is 2.25. The Labute approximate surface area is 92.1 Å². The second-order valence-corrected chi connectivity index (χ2v) is 5.82. The fourth-order valence-corrected chi connectivity index (χ4v) is 3.40. The molecule has 0 fully saturated rings. The summed E-state index contributed by atoms with van der Waals surface area (Å²) >= 11 is 8.07. The van der Waals surface area contributed by atoms with Crippen LogP contribution in [0.3, 0.4) is 0 Å². The van der Waals surface area contributed by atoms with Crippen molar-refractivity contribution in [2.24, 2.45) is 0 Å². The molecule has 3 rings (SSSR count). The minimum absolute atomic E-state index is 0.684. The fraction of sp³-hybridized carbons (Fsp3) is 0. The Balaban J connectivity index is 2.57. The summed E-state index contributed by atoms with van der Waals surface area (Å²) in [5.74, 6) is 0. The number of pyridine rings is 1. The smallest absolute Gasteiger partial charge is 0.179 e. The molecule has 0 amide bonds. The van der Waals surface area contributed by atoms with Gasteiger partial charge in [-0.25, -0.2) is 15.0 Å². The van der Waals surface area contributed by atoms with Gasteiger partial charge in [0.25, 0.3) is 0 Å². The first kappa shape index (κ1) is 8.34. The zero-order chi connectivity index (χ0) is 9.54. The van der Waals surface area contributed by atoms with E-state index in [9.17, 15) is 0 Å². The lowest BCUT2D eigenvalue weighted by molar-refractivity contribution is 1.30. The monoisotopic (exact) mass is 237 g/mol. The van der Waals surface area contributed by atoms with Crippen molar-refractivity contribution in [2.75, 3.05) is 0 Å². The van der Waals surface area contributed by atoms with Gasteiger partial charge in [-0.2, -0.15) is 0 Å². The first-order valence-electron chi connectivity index (χ1n) is 3.85. The molecule has 3 aromatic heterocycles. The average molecular weight is 237 g/mol. The van der Waals surface area contributed by atoms with Crippen LogP contribution < -0.4 is 0 Å². The molecule has 0 aromatic carbocycles. The lowest BCUT2D eigenvalue weighted by Gasteiger charge is -1.92. The van der Waals surface area contributed by atoms with Gasteiger partial charge in [0.05, 0.1) is 0 Å². The molecular weight excluding hydrogens is 234 g/mol. The highest BCUT2D eigenvalue weighted by molar-refractivity contribution is 7.77. The predicted octanol–water partition coefficient (Wildman–Crippen LogP) is 3.03. The molecule has 3 nitrogen and oxygen atoms in total. The number of hydrogen-bond donors (Lipinski definition) is 0. The van der Waals surface area contributed by atoms with Crippen molar-refractivity contribution in [2.45, 2.75) is 0 Å². The first-order chi connectivity index (χ1) is 6.83. The normalized spacial score (nSPS) is 11.1. The van der Waals surface area contributed by atoms with E-state index in [1.165, 1.54) is 22.7 Å². The van der Waals surface area contributed by atoms with Crippen molar-refractivity contribution in [3.8, 4) is 0 Å². The van der Waals surface area contributed by atoms with Crippen LogP contribution in [-0.4, -0.2) is 15.0 Å². The van der Waals surface area contributed by atoms with E-state index in [0.29, 0.717) is 5.65 Å². The van der Waals surface area contributed by atoms with Gasteiger partial charge in [-0.1, -0.05) is 34.9 Å². The highest BCUT2D eigenvalue weighted by atomic mass is 32.2. The third-order valence-electron chi connectivity index (χ3n) is 1.74. The van der Waals surface area contributed by atoms with Crippen molar-refractivity contribution in [3.63, 3.8) is 0 Å². The van der Waals surface area contributed by atoms with Gasteiger partial charge in [-0.3, -0.25) is 0 Å². The van der Waals surface area contributed by atoms with Gasteiger partial charge < -0.3 is 0 Å². The molecule has 0 saturated carbocycles. The molecule has 0 N–H and O–H groups in total. The number of hydrogen-bond acceptors (Lipinski definition) is 6. The van der Waals surface area contributed by atoms with Crippen molar-refractivity contribution in [3.05, 3.63) is 21.5 Å². The van der Waals surface area contributed by atoms with Gasteiger partial charge in [-0.15, -0.1) is 0 Å². The maximum Gasteiger partial charge on any atom is 0.179 e. The highest BCUT2D eigenvalue weighted by Gasteiger charge is 2.04. The van der Waals surface area contributed by atoms with E-state index in [-0.39, 0.29) is 0 Å². The lowest BCUT2D eigenvalue weighted by Crippen LogP contribution is -1.84. The lowest BCUT2D eigenvalue weighted by atomic mass is 10.4. The van der Waals surface area contributed by atoms with Crippen LogP contribution in [0, 0.1) is 3.14 Å². The Hall–Kier alpha value is -0.980. The minimum atomic E-state index is 0.684. The van der Waals surface area contributed by atoms with Crippen molar-refractivity contribution < 1.29 is 0 Å². The van der Waals surface area contributed by atoms with Crippen LogP contribution in [0.15, 0.2) is 18.3 Å². The van der Waals surface area contributed by atoms with E-state index in [2.05, 4.69) is 15.0 Å². The third kappa shape index (κ3) is 1.23. The second-order valence-electron chi connectivity index (χ2n) is 2.63. The molecule has 0 bridgehead atoms. The average Bonchev–Trinajstić information content (AvgIpc) is 2.53. The van der Waals surface area contributed by atoms with E-state index in [1.807, 2.05) is 12.1 Å². The van der Waals surface area contributed by atoms with Gasteiger partial charge in [0.15, 0.2) is 15.3 Å². The first-order valence-corrected chi connectivity index (χ1v) is 5.89. The molecule has 3 heterocycles. The minimum Gasteiger partial charge on any atom is -0.235 e. The van der Waals surface area contributed by atoms with Crippen LogP contribution >= 0.6 is 34.9 Å². The molecule has 0 aliphatic rings. The van der Waals surface area contributed by atoms with E-state index in [1.54, 1.807) is 6.20 Å². The molecule has 3 aromatic rings. The van der Waals surface area contributed by atoms with Gasteiger partial charge in [0, 0.05) is 6.20 Å². The van der Waals surface area contributed by atoms with E-state index in [4.69, 9.17) is 12.2 Å². The topological polar surface area (TPSA) is 38.7 Å². The summed E-state index contributed by atoms with van der Waals surface area (Å²) in [6.07, 6.45) is 1.72. The van der Waals surface area contributed by atoms with Crippen LogP contribution in [0.4, 0.5) is 0 Å². The largest absolute Gasteiger partial charge is 0.235 e. The molecule has 6 heteroatoms. The zero-order valence-electron chi connectivity index (χ0n) is 6.80. The van der Waals surface area contributed by atoms with Gasteiger partial charge in [0.1, 0.15) is 8.65 Å². The molecule has 0 atom stereocenters. The Morgan fingerprint density at radius 2 is 1.93 bits per heavy atom. The van der Waals surface area contributed by atoms with E-state index < -0.39 is 0 Å². The standard InChI is InChI=1S/C8H3N3S3/c12-8-13-6-7(14-8)11-5-4(10-6)2-1-3-9-5/h1-3H. The number of nitrogens with zero attached hydrogens (tertiary/aromatic N) is 3. The van der Waals surface area contributed by atoms with E-state index in [0.717, 1.165) is 18.3 Å². The third-order valence-corrected chi connectivity index (χ3v) is 4.16. The molecule has 0 saturated heterocycles. The predicted molar refractivity (Wildman–Crippen MR) is 61.4 cm³/mol. The Bertz CT molecular complexity index is 614. The van der Waals surface area contributed by atoms with Gasteiger partial charge in [-0.05, 0) is 12.1 Å². The number of rotatable bonds is 0. The summed E-state index contributed by atoms with van der Waals surface area (Å²) in [5.41, 5.74) is 1.51. The van der Waals surface area contributed by atoms with Crippen molar-refractivity contribution >= 4 is 55.7 Å². The van der Waals surface area contributed by atoms with E-state index >= 15 is 0 Å². The SMILES string of the molecule is S=c1sc2nc3cccnc3nc2s1. The quantitative estimate of drug-likeness (QED) is 0.563. The molecule has 0 spiro atoms. The van der Waals surface area contributed by atoms with Gasteiger partial charge >= 0.3 is 0 Å². The summed E-state index contributed by atoms with van der Waals surface area (Å²) < 4.78 is 0.857. The maximum absolute atomic E-state index is 5.09. The van der Waals surface area contributed by atoms with Crippen LogP contribution in [0.5, 0.6) is 0 Å². The molecule has 0 radical (unpaired) electrons. The summed E-state index contributed by atoms with van der Waals surface area (Å²) in [6.45, 7) is 0. The number of aromatic nitrogens is 3. The summed E-state index contributed by atoms with van der Waals surface area (Å²) in [4.78, 5) is 14.8. The number of fused-ring (bicyclic) bond motifs is 2. The van der Waals surface area contributed by atoms with Crippen LogP contribution in [0.25, 0.3) is 20.8 Å². The van der Waals surface area contributed by atoms with Crippen molar-refractivity contribution in [1.29, 1.82) is 0 Å². The molecular formula is C8H3N3S3. The molecule has 14 heavy (non-hydrogen) atoms. The Morgan fingerprint density at radius 3 is 2.79 bits per heavy atom. The summed E-state index contributed by atoms with van der Waals surface area (Å²) in [6, 6.07) is 3.76. The van der Waals surface area contributed by atoms with Crippen LogP contribution in [0.1, 0.15) is 0 Å². The molecule has 0 unspecified atom stereocenters. The van der Waals surface area contributed by atoms with Gasteiger partial charge in [0.2, 0.25) is 0 Å². The maximum atomic E-state index is 5.09. The Kier molecular flexibility index (Phi) is 1.79. The molecule has 0 aliphatic carbocycles. The summed E-state index contributed by atoms with van der Waals surface area (Å²) in [5, 5.41) is 0.